The van der Waals surface area contributed by atoms with Crippen LogP contribution in [-0.2, 0) is 4.79 Å². The summed E-state index contributed by atoms with van der Waals surface area (Å²) in [5.41, 5.74) is 5.73. The van der Waals surface area contributed by atoms with Gasteiger partial charge >= 0.3 is 0 Å². The highest BCUT2D eigenvalue weighted by Crippen LogP contribution is 2.09. The first kappa shape index (κ1) is 15.4. The standard InChI is InChI=1S/C12H26N2O2/c1-4-5-10(6-7-15)8-14-12(16)11(13)9(2)3/h9-11,15H,4-8,13H2,1-3H3,(H,14,16)/t10?,11-/m0/s1. The molecule has 0 aliphatic heterocycles. The number of aliphatic hydroxyl groups is 1. The minimum absolute atomic E-state index is 0.0888. The Morgan fingerprint density at radius 2 is 2.00 bits per heavy atom. The van der Waals surface area contributed by atoms with Crippen LogP contribution in [0.15, 0.2) is 0 Å². The maximum Gasteiger partial charge on any atom is 0.237 e. The molecule has 4 heteroatoms. The van der Waals surface area contributed by atoms with Gasteiger partial charge in [-0.3, -0.25) is 4.79 Å². The van der Waals surface area contributed by atoms with Crippen molar-refractivity contribution in [1.29, 1.82) is 0 Å². The highest BCUT2D eigenvalue weighted by atomic mass is 16.3. The molecule has 0 saturated carbocycles. The van der Waals surface area contributed by atoms with Crippen molar-refractivity contribution < 1.29 is 9.90 Å². The predicted molar refractivity (Wildman–Crippen MR) is 65.9 cm³/mol. The number of hydrogen-bond acceptors (Lipinski definition) is 3. The van der Waals surface area contributed by atoms with Gasteiger partial charge in [0.25, 0.3) is 0 Å². The van der Waals surface area contributed by atoms with Crippen LogP contribution in [0.4, 0.5) is 0 Å². The monoisotopic (exact) mass is 230 g/mol. The molecule has 0 fully saturated rings. The van der Waals surface area contributed by atoms with E-state index in [0.717, 1.165) is 19.3 Å². The lowest BCUT2D eigenvalue weighted by molar-refractivity contribution is -0.123. The van der Waals surface area contributed by atoms with Gasteiger partial charge < -0.3 is 16.2 Å². The number of nitrogens with two attached hydrogens (primary N) is 1. The molecule has 2 atom stereocenters. The van der Waals surface area contributed by atoms with E-state index < -0.39 is 6.04 Å². The van der Waals surface area contributed by atoms with Gasteiger partial charge in [0, 0.05) is 13.2 Å². The molecule has 4 N–H and O–H groups in total. The molecule has 1 unspecified atom stereocenters. The molecule has 96 valence electrons. The number of carbonyl (C=O) groups is 1. The summed E-state index contributed by atoms with van der Waals surface area (Å²) in [4.78, 5) is 11.6. The first-order valence-electron chi connectivity index (χ1n) is 6.17. The summed E-state index contributed by atoms with van der Waals surface area (Å²) in [7, 11) is 0. The lowest BCUT2D eigenvalue weighted by atomic mass is 9.99. The first-order chi connectivity index (χ1) is 7.52. The maximum atomic E-state index is 11.6. The van der Waals surface area contributed by atoms with Gasteiger partial charge in [0.05, 0.1) is 6.04 Å². The van der Waals surface area contributed by atoms with E-state index in [-0.39, 0.29) is 18.4 Å². The van der Waals surface area contributed by atoms with Crippen molar-refractivity contribution in [2.24, 2.45) is 17.6 Å². The molecule has 0 aromatic rings. The molecule has 0 heterocycles. The zero-order chi connectivity index (χ0) is 12.6. The average molecular weight is 230 g/mol. The van der Waals surface area contributed by atoms with Crippen LogP contribution >= 0.6 is 0 Å². The molecular formula is C12H26N2O2. The summed E-state index contributed by atoms with van der Waals surface area (Å²) in [6.07, 6.45) is 2.83. The van der Waals surface area contributed by atoms with Crippen LogP contribution in [0.2, 0.25) is 0 Å². The molecular weight excluding hydrogens is 204 g/mol. The molecule has 0 aliphatic carbocycles. The van der Waals surface area contributed by atoms with E-state index in [1.807, 2.05) is 13.8 Å². The van der Waals surface area contributed by atoms with Crippen molar-refractivity contribution in [3.8, 4) is 0 Å². The highest BCUT2D eigenvalue weighted by Gasteiger charge is 2.17. The second-order valence-corrected chi connectivity index (χ2v) is 4.68. The Morgan fingerprint density at radius 3 is 2.44 bits per heavy atom. The van der Waals surface area contributed by atoms with Crippen molar-refractivity contribution >= 4 is 5.91 Å². The van der Waals surface area contributed by atoms with Gasteiger partial charge in [0.1, 0.15) is 0 Å². The lowest BCUT2D eigenvalue weighted by Crippen LogP contribution is -2.45. The molecule has 1 amide bonds. The third-order valence-corrected chi connectivity index (χ3v) is 2.82. The fourth-order valence-corrected chi connectivity index (χ4v) is 1.60. The van der Waals surface area contributed by atoms with Crippen LogP contribution in [0.25, 0.3) is 0 Å². The minimum atomic E-state index is -0.434. The van der Waals surface area contributed by atoms with Gasteiger partial charge in [-0.05, 0) is 24.7 Å². The lowest BCUT2D eigenvalue weighted by Gasteiger charge is -2.19. The Balaban J connectivity index is 3.94. The number of nitrogens with one attached hydrogen (secondary N) is 1. The SMILES string of the molecule is CCCC(CCO)CNC(=O)[C@@H](N)C(C)C. The van der Waals surface area contributed by atoms with Gasteiger partial charge in [-0.2, -0.15) is 0 Å². The maximum absolute atomic E-state index is 11.6. The van der Waals surface area contributed by atoms with Crippen LogP contribution in [0, 0.1) is 11.8 Å². The van der Waals surface area contributed by atoms with E-state index in [9.17, 15) is 4.79 Å². The van der Waals surface area contributed by atoms with Crippen LogP contribution in [0.3, 0.4) is 0 Å². The van der Waals surface area contributed by atoms with Crippen molar-refractivity contribution in [2.75, 3.05) is 13.2 Å². The van der Waals surface area contributed by atoms with E-state index in [0.29, 0.717) is 12.5 Å². The van der Waals surface area contributed by atoms with Crippen LogP contribution in [0.1, 0.15) is 40.0 Å². The van der Waals surface area contributed by atoms with Gasteiger partial charge in [0.2, 0.25) is 5.91 Å². The van der Waals surface area contributed by atoms with Crippen molar-refractivity contribution in [1.82, 2.24) is 5.32 Å². The topological polar surface area (TPSA) is 75.3 Å². The Labute approximate surface area is 98.6 Å². The van der Waals surface area contributed by atoms with Crippen LogP contribution in [0.5, 0.6) is 0 Å². The largest absolute Gasteiger partial charge is 0.396 e. The number of amides is 1. The Kier molecular flexibility index (Phi) is 8.21. The van der Waals surface area contributed by atoms with E-state index in [4.69, 9.17) is 10.8 Å². The van der Waals surface area contributed by atoms with Gasteiger partial charge in [-0.25, -0.2) is 0 Å². The second kappa shape index (κ2) is 8.53. The summed E-state index contributed by atoms with van der Waals surface area (Å²) in [6, 6.07) is -0.434. The molecule has 0 aromatic heterocycles. The van der Waals surface area contributed by atoms with Crippen molar-refractivity contribution in [3.63, 3.8) is 0 Å². The fourth-order valence-electron chi connectivity index (χ4n) is 1.60. The third kappa shape index (κ3) is 6.08. The van der Waals surface area contributed by atoms with E-state index in [1.165, 1.54) is 0 Å². The molecule has 0 aromatic carbocycles. The second-order valence-electron chi connectivity index (χ2n) is 4.68. The normalized spacial score (nSPS) is 14.9. The predicted octanol–water partition coefficient (Wildman–Crippen LogP) is 0.885. The molecule has 0 saturated heterocycles. The zero-order valence-corrected chi connectivity index (χ0v) is 10.7. The average Bonchev–Trinajstić information content (AvgIpc) is 2.24. The molecule has 16 heavy (non-hydrogen) atoms. The molecule has 0 spiro atoms. The Hall–Kier alpha value is -0.610. The molecule has 0 radical (unpaired) electrons. The zero-order valence-electron chi connectivity index (χ0n) is 10.7. The van der Waals surface area contributed by atoms with Crippen LogP contribution < -0.4 is 11.1 Å². The van der Waals surface area contributed by atoms with Gasteiger partial charge in [0.15, 0.2) is 0 Å². The van der Waals surface area contributed by atoms with E-state index in [2.05, 4.69) is 12.2 Å². The number of hydrogen-bond donors (Lipinski definition) is 3. The summed E-state index contributed by atoms with van der Waals surface area (Å²) >= 11 is 0. The van der Waals surface area contributed by atoms with E-state index >= 15 is 0 Å². The summed E-state index contributed by atoms with van der Waals surface area (Å²) in [5, 5.41) is 11.7. The summed E-state index contributed by atoms with van der Waals surface area (Å²) in [5.74, 6) is 0.426. The van der Waals surface area contributed by atoms with Gasteiger partial charge in [-0.15, -0.1) is 0 Å². The number of rotatable bonds is 8. The third-order valence-electron chi connectivity index (χ3n) is 2.82. The smallest absolute Gasteiger partial charge is 0.237 e. The molecule has 0 aliphatic rings. The van der Waals surface area contributed by atoms with Crippen molar-refractivity contribution in [2.45, 2.75) is 46.1 Å². The molecule has 0 bridgehead atoms. The quantitative estimate of drug-likeness (QED) is 0.579. The molecule has 0 rings (SSSR count). The van der Waals surface area contributed by atoms with Gasteiger partial charge in [-0.1, -0.05) is 27.2 Å². The first-order valence-corrected chi connectivity index (χ1v) is 6.17. The molecule has 4 nitrogen and oxygen atoms in total. The van der Waals surface area contributed by atoms with E-state index in [1.54, 1.807) is 0 Å². The number of carbonyl (C=O) groups excluding carboxylic acids is 1. The number of aliphatic hydroxyl groups excluding tert-OH is 1. The minimum Gasteiger partial charge on any atom is -0.396 e. The fraction of sp³-hybridized carbons (Fsp3) is 0.917. The van der Waals surface area contributed by atoms with Crippen LogP contribution in [-0.4, -0.2) is 30.2 Å². The summed E-state index contributed by atoms with van der Waals surface area (Å²) in [6.45, 7) is 6.76. The highest BCUT2D eigenvalue weighted by molar-refractivity contribution is 5.81. The Bertz CT molecular complexity index is 189. The summed E-state index contributed by atoms with van der Waals surface area (Å²) < 4.78 is 0. The Morgan fingerprint density at radius 1 is 1.38 bits per heavy atom. The van der Waals surface area contributed by atoms with Crippen molar-refractivity contribution in [3.05, 3.63) is 0 Å².